The van der Waals surface area contributed by atoms with Crippen LogP contribution in [-0.2, 0) is 18.4 Å². The average Bonchev–Trinajstić information content (AvgIpc) is 3.26. The maximum absolute atomic E-state index is 13.0. The third-order valence-corrected chi connectivity index (χ3v) is 12.3. The van der Waals surface area contributed by atoms with Gasteiger partial charge in [-0.2, -0.15) is 0 Å². The highest BCUT2D eigenvalue weighted by atomic mass is 31.2. The second-order valence-electron chi connectivity index (χ2n) is 17.1. The number of unbranched alkanes of at least 4 members (excludes halogenated alkanes) is 18. The zero-order chi connectivity index (χ0) is 46.6. The van der Waals surface area contributed by atoms with Gasteiger partial charge in [-0.05, 0) is 70.6 Å². The van der Waals surface area contributed by atoms with Crippen LogP contribution in [-0.4, -0.2) is 108 Å². The molecule has 0 saturated heterocycles. The normalized spacial score (nSPS) is 23.4. The van der Waals surface area contributed by atoms with Gasteiger partial charge in [0.1, 0.15) is 36.6 Å². The lowest BCUT2D eigenvalue weighted by Gasteiger charge is -2.41. The quantitative estimate of drug-likeness (QED) is 0.0161. The smallest absolute Gasteiger partial charge is 0.393 e. The molecule has 0 bridgehead atoms. The zero-order valence-corrected chi connectivity index (χ0v) is 39.6. The molecule has 9 N–H and O–H groups in total. The number of amides is 1. The molecule has 0 radical (unpaired) electrons. The Morgan fingerprint density at radius 3 is 1.56 bits per heavy atom. The first-order valence-electron chi connectivity index (χ1n) is 24.3. The van der Waals surface area contributed by atoms with Gasteiger partial charge < -0.3 is 46.0 Å². The van der Waals surface area contributed by atoms with E-state index in [4.69, 9.17) is 9.05 Å². The van der Waals surface area contributed by atoms with E-state index in [0.29, 0.717) is 19.3 Å². The van der Waals surface area contributed by atoms with Crippen LogP contribution in [0.5, 0.6) is 0 Å². The molecule has 366 valence electrons. The van der Waals surface area contributed by atoms with Crippen molar-refractivity contribution in [1.29, 1.82) is 0 Å². The summed E-state index contributed by atoms with van der Waals surface area (Å²) in [6.07, 6.45) is 33.4. The molecule has 1 rings (SSSR count). The van der Waals surface area contributed by atoms with Gasteiger partial charge in [0, 0.05) is 0 Å². The van der Waals surface area contributed by atoms with Crippen molar-refractivity contribution < 1.29 is 59.0 Å². The van der Waals surface area contributed by atoms with Gasteiger partial charge in [0.05, 0.1) is 31.3 Å². The number of rotatable bonds is 39. The largest absolute Gasteiger partial charge is 0.472 e. The van der Waals surface area contributed by atoms with Gasteiger partial charge in [0.25, 0.3) is 0 Å². The molecule has 1 saturated carbocycles. The Morgan fingerprint density at radius 2 is 1.03 bits per heavy atom. The van der Waals surface area contributed by atoms with E-state index in [9.17, 15) is 50.0 Å². The predicted molar refractivity (Wildman–Crippen MR) is 252 cm³/mol. The summed E-state index contributed by atoms with van der Waals surface area (Å²) < 4.78 is 22.8. The molecule has 0 aromatic rings. The van der Waals surface area contributed by atoms with Crippen molar-refractivity contribution in [2.45, 2.75) is 236 Å². The monoisotopic (exact) mass is 914 g/mol. The molecule has 14 heteroatoms. The van der Waals surface area contributed by atoms with Crippen LogP contribution in [0.25, 0.3) is 0 Å². The summed E-state index contributed by atoms with van der Waals surface area (Å²) in [5, 5.41) is 74.3. The van der Waals surface area contributed by atoms with Crippen molar-refractivity contribution in [2.75, 3.05) is 6.61 Å². The number of allylic oxidation sites excluding steroid dienone is 9. The highest BCUT2D eigenvalue weighted by molar-refractivity contribution is 7.47. The first-order valence-corrected chi connectivity index (χ1v) is 25.8. The molecule has 1 aliphatic rings. The van der Waals surface area contributed by atoms with E-state index in [1.807, 2.05) is 6.08 Å². The minimum absolute atomic E-state index is 0.264. The molecule has 0 heterocycles. The third-order valence-electron chi connectivity index (χ3n) is 11.3. The Hall–Kier alpha value is -2.00. The van der Waals surface area contributed by atoms with Crippen molar-refractivity contribution in [3.05, 3.63) is 60.8 Å². The van der Waals surface area contributed by atoms with Crippen LogP contribution in [0.1, 0.15) is 181 Å². The van der Waals surface area contributed by atoms with E-state index in [-0.39, 0.29) is 6.42 Å². The van der Waals surface area contributed by atoms with Crippen molar-refractivity contribution in [1.82, 2.24) is 5.32 Å². The first kappa shape index (κ1) is 59.0. The van der Waals surface area contributed by atoms with Gasteiger partial charge >= 0.3 is 7.82 Å². The maximum atomic E-state index is 13.0. The lowest BCUT2D eigenvalue weighted by molar-refractivity contribution is -0.220. The van der Waals surface area contributed by atoms with E-state index in [0.717, 1.165) is 64.2 Å². The Labute approximate surface area is 380 Å². The Morgan fingerprint density at radius 1 is 0.587 bits per heavy atom. The minimum Gasteiger partial charge on any atom is -0.393 e. The van der Waals surface area contributed by atoms with E-state index in [1.54, 1.807) is 6.08 Å². The summed E-state index contributed by atoms with van der Waals surface area (Å²) in [6, 6.07) is -1.27. The van der Waals surface area contributed by atoms with Crippen molar-refractivity contribution in [3.63, 3.8) is 0 Å². The van der Waals surface area contributed by atoms with Crippen LogP contribution < -0.4 is 5.32 Å². The van der Waals surface area contributed by atoms with Crippen molar-refractivity contribution >= 4 is 13.7 Å². The van der Waals surface area contributed by atoms with Crippen molar-refractivity contribution in [2.24, 2.45) is 0 Å². The first-order chi connectivity index (χ1) is 30.3. The van der Waals surface area contributed by atoms with Crippen LogP contribution in [0.3, 0.4) is 0 Å². The number of nitrogens with one attached hydrogen (secondary N) is 1. The molecular weight excluding hydrogens is 826 g/mol. The third kappa shape index (κ3) is 30.0. The molecule has 13 nitrogen and oxygen atoms in total. The molecule has 0 aliphatic heterocycles. The summed E-state index contributed by atoms with van der Waals surface area (Å²) in [7, 11) is -5.15. The van der Waals surface area contributed by atoms with Gasteiger partial charge in [0.15, 0.2) is 0 Å². The van der Waals surface area contributed by atoms with E-state index >= 15 is 0 Å². The minimum atomic E-state index is -5.15. The maximum Gasteiger partial charge on any atom is 0.472 e. The Bertz CT molecular complexity index is 1310. The summed E-state index contributed by atoms with van der Waals surface area (Å²) in [4.78, 5) is 23.4. The van der Waals surface area contributed by atoms with Gasteiger partial charge in [0.2, 0.25) is 5.91 Å². The van der Waals surface area contributed by atoms with E-state index < -0.39 is 75.2 Å². The van der Waals surface area contributed by atoms with E-state index in [1.165, 1.54) is 83.1 Å². The SMILES string of the molecule is CC/C=C/CC/C=C/CC/C=C/C(O)C(COP(=O)(O)OC1C(O)C(O)C(O)C(O)C1O)NC(=O)CC(O)CCCCCCCCC/C=C\C/C=C\CCCCCCCCCCC. The van der Waals surface area contributed by atoms with Gasteiger partial charge in [-0.1, -0.05) is 164 Å². The molecule has 1 fully saturated rings. The lowest BCUT2D eigenvalue weighted by atomic mass is 9.85. The fourth-order valence-corrected chi connectivity index (χ4v) is 8.33. The fourth-order valence-electron chi connectivity index (χ4n) is 7.37. The second kappa shape index (κ2) is 38.1. The highest BCUT2D eigenvalue weighted by Crippen LogP contribution is 2.47. The van der Waals surface area contributed by atoms with Gasteiger partial charge in [-0.15, -0.1) is 0 Å². The number of phosphoric ester groups is 1. The Balaban J connectivity index is 2.43. The van der Waals surface area contributed by atoms with Crippen LogP contribution in [0.15, 0.2) is 60.8 Å². The number of hydrogen-bond acceptors (Lipinski definition) is 11. The van der Waals surface area contributed by atoms with Crippen LogP contribution in [0, 0.1) is 0 Å². The highest BCUT2D eigenvalue weighted by Gasteiger charge is 2.51. The topological polar surface area (TPSA) is 226 Å². The summed E-state index contributed by atoms with van der Waals surface area (Å²) >= 11 is 0. The van der Waals surface area contributed by atoms with Gasteiger partial charge in [-0.3, -0.25) is 13.8 Å². The number of aliphatic hydroxyl groups excluding tert-OH is 7. The van der Waals surface area contributed by atoms with Crippen molar-refractivity contribution in [3.8, 4) is 0 Å². The molecule has 1 amide bonds. The molecule has 8 unspecified atom stereocenters. The zero-order valence-electron chi connectivity index (χ0n) is 38.7. The molecular formula is C49H88NO12P. The number of carbonyl (C=O) groups is 1. The average molecular weight is 914 g/mol. The number of hydrogen-bond donors (Lipinski definition) is 9. The Kier molecular flexibility index (Phi) is 35.7. The lowest BCUT2D eigenvalue weighted by Crippen LogP contribution is -2.64. The number of phosphoric acid groups is 1. The standard InChI is InChI=1S/C49H88NO12P/c1-3-5-7-9-11-13-15-16-17-18-19-20-21-22-23-24-25-26-27-28-30-32-34-36-40(51)38-43(53)50-41(42(52)37-35-33-31-29-14-12-10-8-6-4-2)39-61-63(59,60)62-49-47(57)45(55)44(54)46(56)48(49)58/h6,8,14,19-20,22-23,29,35,37,40-42,44-49,51-52,54-58H,3-5,7,9-13,15-18,21,24-28,30-34,36,38-39H2,1-2H3,(H,50,53)(H,59,60)/b8-6+,20-19-,23-22-,29-14+,37-35+. The fraction of sp³-hybridized carbons (Fsp3) is 0.776. The molecule has 0 aromatic carbocycles. The summed E-state index contributed by atoms with van der Waals surface area (Å²) in [6.45, 7) is 3.58. The number of carbonyl (C=O) groups excluding carboxylic acids is 1. The van der Waals surface area contributed by atoms with Gasteiger partial charge in [-0.25, -0.2) is 4.57 Å². The molecule has 1 aliphatic carbocycles. The van der Waals surface area contributed by atoms with Crippen LogP contribution in [0.2, 0.25) is 0 Å². The molecule has 8 atom stereocenters. The molecule has 0 aromatic heterocycles. The van der Waals surface area contributed by atoms with Crippen LogP contribution >= 0.6 is 7.82 Å². The summed E-state index contributed by atoms with van der Waals surface area (Å²) in [5.41, 5.74) is 0. The summed E-state index contributed by atoms with van der Waals surface area (Å²) in [5.74, 6) is -0.616. The van der Waals surface area contributed by atoms with Crippen LogP contribution in [0.4, 0.5) is 0 Å². The molecule has 0 spiro atoms. The second-order valence-corrected chi connectivity index (χ2v) is 18.5. The van der Waals surface area contributed by atoms with E-state index in [2.05, 4.69) is 61.7 Å². The predicted octanol–water partition coefficient (Wildman–Crippen LogP) is 8.48. The molecule has 63 heavy (non-hydrogen) atoms. The number of aliphatic hydroxyl groups is 7.